The third kappa shape index (κ3) is 3.80. The van der Waals surface area contributed by atoms with Crippen molar-refractivity contribution in [2.24, 2.45) is 0 Å². The summed E-state index contributed by atoms with van der Waals surface area (Å²) in [7, 11) is 0. The molecule has 4 nitrogen and oxygen atoms in total. The van der Waals surface area contributed by atoms with Crippen LogP contribution < -0.4 is 16.4 Å². The van der Waals surface area contributed by atoms with Gasteiger partial charge >= 0.3 is 0 Å². The molecule has 5 heteroatoms. The fourth-order valence-corrected chi connectivity index (χ4v) is 2.69. The molecule has 1 aromatic carbocycles. The summed E-state index contributed by atoms with van der Waals surface area (Å²) >= 11 is 1.88. The van der Waals surface area contributed by atoms with E-state index in [-0.39, 0.29) is 5.91 Å². The number of nitrogens with two attached hydrogens (primary N) is 1. The molecule has 19 heavy (non-hydrogen) atoms. The molecule has 1 aromatic rings. The Balaban J connectivity index is 1.96. The summed E-state index contributed by atoms with van der Waals surface area (Å²) in [5.74, 6) is 1.28. The molecule has 0 aromatic heterocycles. The molecule has 0 saturated carbocycles. The number of rotatable bonds is 6. The number of nitrogen functional groups attached to an aromatic ring is 1. The predicted molar refractivity (Wildman–Crippen MR) is 83.9 cm³/mol. The largest absolute Gasteiger partial charge is 0.397 e. The normalized spacial score (nSPS) is 13.8. The van der Waals surface area contributed by atoms with Crippen molar-refractivity contribution in [2.75, 3.05) is 34.9 Å². The van der Waals surface area contributed by atoms with Crippen molar-refractivity contribution in [3.05, 3.63) is 17.7 Å². The summed E-state index contributed by atoms with van der Waals surface area (Å²) in [5.41, 5.74) is 9.73. The molecule has 0 unspecified atom stereocenters. The number of thioether (sulfide) groups is 1. The zero-order valence-electron chi connectivity index (χ0n) is 11.3. The van der Waals surface area contributed by atoms with Crippen molar-refractivity contribution in [3.63, 3.8) is 0 Å². The van der Waals surface area contributed by atoms with Gasteiger partial charge in [-0.2, -0.15) is 11.8 Å². The van der Waals surface area contributed by atoms with Crippen LogP contribution in [-0.4, -0.2) is 24.5 Å². The summed E-state index contributed by atoms with van der Waals surface area (Å²) in [5, 5.41) is 6.25. The highest BCUT2D eigenvalue weighted by molar-refractivity contribution is 7.98. The number of hydrogen-bond acceptors (Lipinski definition) is 4. The Morgan fingerprint density at radius 3 is 3.00 bits per heavy atom. The number of benzene rings is 1. The first kappa shape index (κ1) is 14.1. The van der Waals surface area contributed by atoms with E-state index >= 15 is 0 Å². The van der Waals surface area contributed by atoms with Crippen molar-refractivity contribution >= 4 is 34.7 Å². The van der Waals surface area contributed by atoms with Gasteiger partial charge in [0, 0.05) is 18.7 Å². The van der Waals surface area contributed by atoms with E-state index < -0.39 is 0 Å². The number of unbranched alkanes of at least 4 members (excludes halogenated alkanes) is 1. The number of aryl methyl sites for hydroxylation is 1. The number of carbonyl (C=O) groups is 1. The number of fused-ring (bicyclic) bond motifs is 1. The lowest BCUT2D eigenvalue weighted by molar-refractivity contribution is -0.116. The predicted octanol–water partition coefficient (Wildman–Crippen LogP) is 2.71. The van der Waals surface area contributed by atoms with Gasteiger partial charge in [0.25, 0.3) is 0 Å². The van der Waals surface area contributed by atoms with Gasteiger partial charge in [0.1, 0.15) is 0 Å². The van der Waals surface area contributed by atoms with Crippen LogP contribution in [0.25, 0.3) is 0 Å². The molecule has 1 aliphatic rings. The first-order valence-corrected chi connectivity index (χ1v) is 8.05. The summed E-state index contributed by atoms with van der Waals surface area (Å²) in [6, 6.07) is 3.93. The zero-order valence-corrected chi connectivity index (χ0v) is 12.1. The lowest BCUT2D eigenvalue weighted by Crippen LogP contribution is -2.19. The molecular weight excluding hydrogens is 258 g/mol. The average Bonchev–Trinajstić information content (AvgIpc) is 2.39. The van der Waals surface area contributed by atoms with Gasteiger partial charge in [0.05, 0.1) is 11.4 Å². The highest BCUT2D eigenvalue weighted by Crippen LogP contribution is 2.30. The van der Waals surface area contributed by atoms with E-state index in [1.165, 1.54) is 17.7 Å². The van der Waals surface area contributed by atoms with Gasteiger partial charge < -0.3 is 16.4 Å². The van der Waals surface area contributed by atoms with Gasteiger partial charge in [-0.3, -0.25) is 4.79 Å². The molecule has 0 aliphatic carbocycles. The topological polar surface area (TPSA) is 67.2 Å². The van der Waals surface area contributed by atoms with Crippen molar-refractivity contribution in [2.45, 2.75) is 25.7 Å². The third-order valence-corrected chi connectivity index (χ3v) is 3.96. The van der Waals surface area contributed by atoms with Crippen LogP contribution in [0.1, 0.15) is 24.8 Å². The minimum absolute atomic E-state index is 0.0738. The van der Waals surface area contributed by atoms with Crippen LogP contribution in [-0.2, 0) is 11.2 Å². The highest BCUT2D eigenvalue weighted by atomic mass is 32.2. The van der Waals surface area contributed by atoms with E-state index in [9.17, 15) is 4.79 Å². The maximum Gasteiger partial charge on any atom is 0.224 e. The monoisotopic (exact) mass is 279 g/mol. The molecule has 4 N–H and O–H groups in total. The molecule has 0 saturated heterocycles. The molecule has 1 aliphatic heterocycles. The molecular formula is C14H21N3OS. The maximum absolute atomic E-state index is 11.3. The Bertz CT molecular complexity index is 462. The Hall–Kier alpha value is -1.36. The van der Waals surface area contributed by atoms with Gasteiger partial charge in [-0.25, -0.2) is 0 Å². The van der Waals surface area contributed by atoms with E-state index in [1.54, 1.807) is 0 Å². The van der Waals surface area contributed by atoms with E-state index in [2.05, 4.69) is 23.0 Å². The van der Waals surface area contributed by atoms with Crippen LogP contribution in [0, 0.1) is 0 Å². The quantitative estimate of drug-likeness (QED) is 0.553. The minimum Gasteiger partial charge on any atom is -0.397 e. The second-order valence-corrected chi connectivity index (χ2v) is 5.76. The Morgan fingerprint density at radius 2 is 2.21 bits per heavy atom. The molecule has 0 fully saturated rings. The van der Waals surface area contributed by atoms with Gasteiger partial charge in [0.15, 0.2) is 0 Å². The summed E-state index contributed by atoms with van der Waals surface area (Å²) in [6.45, 7) is 0.940. The lowest BCUT2D eigenvalue weighted by atomic mass is 10.0. The molecule has 0 radical (unpaired) electrons. The molecule has 1 heterocycles. The van der Waals surface area contributed by atoms with Crippen molar-refractivity contribution < 1.29 is 4.79 Å². The van der Waals surface area contributed by atoms with E-state index in [4.69, 9.17) is 5.73 Å². The molecule has 1 amide bonds. The minimum atomic E-state index is 0.0738. The van der Waals surface area contributed by atoms with Gasteiger partial charge in [0.2, 0.25) is 5.91 Å². The second kappa shape index (κ2) is 6.70. The van der Waals surface area contributed by atoms with Crippen molar-refractivity contribution in [3.8, 4) is 0 Å². The van der Waals surface area contributed by atoms with Crippen LogP contribution >= 0.6 is 11.8 Å². The zero-order chi connectivity index (χ0) is 13.7. The highest BCUT2D eigenvalue weighted by Gasteiger charge is 2.16. The Kier molecular flexibility index (Phi) is 4.96. The van der Waals surface area contributed by atoms with E-state index in [0.717, 1.165) is 30.8 Å². The SMILES string of the molecule is CSCCCCNc1cc2c(cc1N)NC(=O)CC2. The number of anilines is 3. The van der Waals surface area contributed by atoms with E-state index in [0.29, 0.717) is 12.1 Å². The molecule has 2 rings (SSSR count). The molecule has 104 valence electrons. The second-order valence-electron chi connectivity index (χ2n) is 4.77. The van der Waals surface area contributed by atoms with Crippen LogP contribution in [0.4, 0.5) is 17.1 Å². The summed E-state index contributed by atoms with van der Waals surface area (Å²) < 4.78 is 0. The number of nitrogens with one attached hydrogen (secondary N) is 2. The van der Waals surface area contributed by atoms with Crippen LogP contribution in [0.3, 0.4) is 0 Å². The molecule has 0 spiro atoms. The van der Waals surface area contributed by atoms with Crippen LogP contribution in [0.15, 0.2) is 12.1 Å². The number of hydrogen-bond donors (Lipinski definition) is 3. The fourth-order valence-electron chi connectivity index (χ4n) is 2.19. The molecule has 0 atom stereocenters. The summed E-state index contributed by atoms with van der Waals surface area (Å²) in [6.07, 6.45) is 5.85. The number of amides is 1. The van der Waals surface area contributed by atoms with E-state index in [1.807, 2.05) is 17.8 Å². The van der Waals surface area contributed by atoms with Crippen molar-refractivity contribution in [1.29, 1.82) is 0 Å². The van der Waals surface area contributed by atoms with Gasteiger partial charge in [-0.15, -0.1) is 0 Å². The Labute approximate surface area is 118 Å². The fraction of sp³-hybridized carbons (Fsp3) is 0.500. The first-order valence-electron chi connectivity index (χ1n) is 6.66. The summed E-state index contributed by atoms with van der Waals surface area (Å²) in [4.78, 5) is 11.3. The lowest BCUT2D eigenvalue weighted by Gasteiger charge is -2.19. The maximum atomic E-state index is 11.3. The average molecular weight is 279 g/mol. The van der Waals surface area contributed by atoms with Crippen molar-refractivity contribution in [1.82, 2.24) is 0 Å². The number of carbonyl (C=O) groups excluding carboxylic acids is 1. The molecule has 0 bridgehead atoms. The van der Waals surface area contributed by atoms with Gasteiger partial charge in [-0.1, -0.05) is 0 Å². The first-order chi connectivity index (χ1) is 9.20. The Morgan fingerprint density at radius 1 is 1.37 bits per heavy atom. The van der Waals surface area contributed by atoms with Crippen LogP contribution in [0.2, 0.25) is 0 Å². The smallest absolute Gasteiger partial charge is 0.224 e. The van der Waals surface area contributed by atoms with Crippen LogP contribution in [0.5, 0.6) is 0 Å². The standard InChI is InChI=1S/C14H21N3OS/c1-19-7-3-2-6-16-13-8-10-4-5-14(18)17-12(10)9-11(13)15/h8-9,16H,2-7,15H2,1H3,(H,17,18). The third-order valence-electron chi connectivity index (χ3n) is 3.26. The van der Waals surface area contributed by atoms with Gasteiger partial charge in [-0.05, 0) is 49.0 Å².